The maximum absolute atomic E-state index is 9.05. The topological polar surface area (TPSA) is 109 Å². The quantitative estimate of drug-likeness (QED) is 0.336. The van der Waals surface area contributed by atoms with Gasteiger partial charge in [-0.25, -0.2) is 8.42 Å². The minimum absolute atomic E-state index is 2.69. The number of hydrogen-bond donors (Lipinski definition) is 3. The summed E-state index contributed by atoms with van der Waals surface area (Å²) in [5, 5.41) is 0. The summed E-state index contributed by atoms with van der Waals surface area (Å²) >= 11 is 2.69. The Morgan fingerprint density at radius 2 is 1.33 bits per heavy atom. The van der Waals surface area contributed by atoms with Crippen LogP contribution in [0.2, 0.25) is 0 Å². The van der Waals surface area contributed by atoms with Gasteiger partial charge in [0.05, 0.1) is 0 Å². The zero-order chi connectivity index (χ0) is 8.08. The Hall–Kier alpha value is 0.326. The van der Waals surface area contributed by atoms with Crippen molar-refractivity contribution >= 4 is 19.6 Å². The van der Waals surface area contributed by atoms with E-state index < -0.39 is 19.6 Å². The molecule has 9 heavy (non-hydrogen) atoms. The van der Waals surface area contributed by atoms with Gasteiger partial charge in [-0.3, -0.25) is 4.55 Å². The molecule has 0 aromatic heterocycles. The minimum atomic E-state index is -3.98. The third kappa shape index (κ3) is 3130. The average molecular weight is 222 g/mol. The second kappa shape index (κ2) is 5.14. The van der Waals surface area contributed by atoms with Crippen LogP contribution in [-0.2, 0) is 34.2 Å². The van der Waals surface area contributed by atoms with Gasteiger partial charge in [-0.1, -0.05) is 0 Å². The van der Waals surface area contributed by atoms with E-state index in [1.165, 1.54) is 0 Å². The molecule has 60 valence electrons. The fraction of sp³-hybridized carbons (Fsp3) is 0. The van der Waals surface area contributed by atoms with E-state index in [1.54, 1.807) is 0 Å². The molecule has 0 atom stereocenters. The van der Waals surface area contributed by atoms with Crippen LogP contribution in [0.3, 0.4) is 0 Å². The molecule has 0 aliphatic heterocycles. The van der Waals surface area contributed by atoms with E-state index in [9.17, 15) is 0 Å². The van der Waals surface area contributed by atoms with Crippen LogP contribution in [0.4, 0.5) is 0 Å². The second-order valence-corrected chi connectivity index (χ2v) is 3.49. The number of hydrogen-bond acceptors (Lipinski definition) is 4. The van der Waals surface area contributed by atoms with Crippen LogP contribution in [0.25, 0.3) is 0 Å². The molecule has 0 aromatic rings. The van der Waals surface area contributed by atoms with E-state index in [1.807, 2.05) is 0 Å². The zero-order valence-corrected chi connectivity index (χ0v) is 6.47. The summed E-state index contributed by atoms with van der Waals surface area (Å²) in [5.41, 5.74) is 0. The van der Waals surface area contributed by atoms with Crippen molar-refractivity contribution in [2.75, 3.05) is 0 Å². The normalized spacial score (nSPS) is 10.3. The molecule has 0 aliphatic carbocycles. The number of rotatable bonds is 0. The van der Waals surface area contributed by atoms with Crippen LogP contribution in [0.15, 0.2) is 0 Å². The molecular weight excluding hydrogens is 219 g/mol. The molecule has 0 bridgehead atoms. The van der Waals surface area contributed by atoms with Crippen LogP contribution in [-0.4, -0.2) is 25.9 Å². The first-order chi connectivity index (χ1) is 3.73. The van der Waals surface area contributed by atoms with Gasteiger partial charge in [0.1, 0.15) is 0 Å². The fourth-order valence-corrected chi connectivity index (χ4v) is 0. The standard InChI is InChI=1S/Co.H2O3S.HO3S/c;2*1-4(2)3/h;4H,(H,1,2,3);(H,1,2,3). The average Bonchev–Trinajstić information content (AvgIpc) is 1.19. The Morgan fingerprint density at radius 1 is 1.33 bits per heavy atom. The van der Waals surface area contributed by atoms with Crippen molar-refractivity contribution < 1.29 is 40.6 Å². The van der Waals surface area contributed by atoms with Crippen molar-refractivity contribution in [1.82, 2.24) is 0 Å². The third-order valence-corrected chi connectivity index (χ3v) is 0. The van der Waals surface area contributed by atoms with Gasteiger partial charge in [0.25, 0.3) is 11.0 Å². The summed E-state index contributed by atoms with van der Waals surface area (Å²) in [5.74, 6) is 0. The summed E-state index contributed by atoms with van der Waals surface area (Å²) in [6, 6.07) is 0. The second-order valence-electron chi connectivity index (χ2n) is 0.627. The van der Waals surface area contributed by atoms with Gasteiger partial charge >= 0.3 is 36.2 Å². The SMILES string of the molecule is O=[SH](=O)O.O=[S](=O)(O)[Co]. The van der Waals surface area contributed by atoms with Crippen LogP contribution >= 0.6 is 0 Å². The molecule has 0 heterocycles. The van der Waals surface area contributed by atoms with Gasteiger partial charge < -0.3 is 0 Å². The summed E-state index contributed by atoms with van der Waals surface area (Å²) in [6.45, 7) is 0. The first kappa shape index (κ1) is 12.0. The Bertz CT molecular complexity index is 191. The summed E-state index contributed by atoms with van der Waals surface area (Å²) < 4.78 is 49.6. The van der Waals surface area contributed by atoms with Crippen molar-refractivity contribution in [1.29, 1.82) is 0 Å². The molecule has 0 rings (SSSR count). The molecule has 6 nitrogen and oxygen atoms in total. The third-order valence-electron chi connectivity index (χ3n) is 0. The summed E-state index contributed by atoms with van der Waals surface area (Å²) in [6.07, 6.45) is 0. The first-order valence-electron chi connectivity index (χ1n) is 1.22. The van der Waals surface area contributed by atoms with Crippen molar-refractivity contribution in [3.63, 3.8) is 0 Å². The molecule has 0 aliphatic rings. The van der Waals surface area contributed by atoms with Crippen LogP contribution < -0.4 is 0 Å². The van der Waals surface area contributed by atoms with Gasteiger partial charge in [-0.15, -0.1) is 0 Å². The van der Waals surface area contributed by atoms with Crippen molar-refractivity contribution in [3.8, 4) is 0 Å². The van der Waals surface area contributed by atoms with Crippen molar-refractivity contribution in [3.05, 3.63) is 0 Å². The number of thiol groups is 1. The Morgan fingerprint density at radius 3 is 1.33 bits per heavy atom. The molecule has 2 N–H and O–H groups in total. The molecule has 9 heteroatoms. The first-order valence-corrected chi connectivity index (χ1v) is 4.93. The molecule has 0 saturated heterocycles. The molecular formula is H3CoO6S2. The molecule has 0 spiro atoms. The Kier molecular flexibility index (Phi) is 6.88. The molecule has 0 aromatic carbocycles. The van der Waals surface area contributed by atoms with E-state index in [0.717, 1.165) is 0 Å². The Balaban J connectivity index is 0. The zero-order valence-electron chi connectivity index (χ0n) is 3.72. The van der Waals surface area contributed by atoms with Gasteiger partial charge in [0, 0.05) is 0 Å². The monoisotopic (exact) mass is 222 g/mol. The molecule has 0 amide bonds. The molecule has 0 saturated carbocycles. The maximum atomic E-state index is 9.05. The fourth-order valence-electron chi connectivity index (χ4n) is 0. The molecule has 0 fully saturated rings. The van der Waals surface area contributed by atoms with Gasteiger partial charge in [-0.05, 0) is 0 Å². The Labute approximate surface area is 60.5 Å². The summed E-state index contributed by atoms with van der Waals surface area (Å²) in [7, 11) is -7.10. The predicted molar refractivity (Wildman–Crippen MR) is 24.5 cm³/mol. The van der Waals surface area contributed by atoms with Gasteiger partial charge in [0.15, 0.2) is 0 Å². The predicted octanol–water partition coefficient (Wildman–Crippen LogP) is -1.59. The van der Waals surface area contributed by atoms with E-state index in [-0.39, 0.29) is 0 Å². The van der Waals surface area contributed by atoms with E-state index in [0.29, 0.717) is 0 Å². The molecule has 0 unspecified atom stereocenters. The summed E-state index contributed by atoms with van der Waals surface area (Å²) in [4.78, 5) is 0. The van der Waals surface area contributed by atoms with E-state index in [4.69, 9.17) is 25.9 Å². The molecule has 0 radical (unpaired) electrons. The van der Waals surface area contributed by atoms with Gasteiger partial charge in [0.2, 0.25) is 0 Å². The van der Waals surface area contributed by atoms with Crippen LogP contribution in [0, 0.1) is 0 Å². The van der Waals surface area contributed by atoms with E-state index in [2.05, 4.69) is 14.6 Å². The van der Waals surface area contributed by atoms with Crippen LogP contribution in [0.5, 0.6) is 0 Å². The van der Waals surface area contributed by atoms with Crippen LogP contribution in [0.1, 0.15) is 0 Å². The van der Waals surface area contributed by atoms with E-state index >= 15 is 0 Å². The van der Waals surface area contributed by atoms with Crippen molar-refractivity contribution in [2.45, 2.75) is 0 Å². The van der Waals surface area contributed by atoms with Crippen molar-refractivity contribution in [2.24, 2.45) is 0 Å². The van der Waals surface area contributed by atoms with Gasteiger partial charge in [-0.2, -0.15) is 0 Å².